The van der Waals surface area contributed by atoms with Crippen LogP contribution >= 0.6 is 0 Å². The van der Waals surface area contributed by atoms with Gasteiger partial charge in [-0.1, -0.05) is 12.1 Å². The highest BCUT2D eigenvalue weighted by atomic mass is 16.6. The molecule has 0 bridgehead atoms. The Morgan fingerprint density at radius 2 is 2.03 bits per heavy atom. The molecule has 0 spiro atoms. The lowest BCUT2D eigenvalue weighted by molar-refractivity contribution is -0.384. The van der Waals surface area contributed by atoms with E-state index in [0.717, 1.165) is 0 Å². The molecule has 168 valence electrons. The standard InChI is InChI=1S/C21H28N4O6/c1-2-31-21(28)24-13-10-17(11-14-24)23-20(27)7-4-12-22-19(26)9-8-16-5-3-6-18(15-16)25(29)30/h3,5-6,8-9,15,17H,2,4,7,10-14H2,1H3,(H,22,26)(H,23,27)/b9-8+. The predicted octanol–water partition coefficient (Wildman–Crippen LogP) is 2.24. The van der Waals surface area contributed by atoms with E-state index in [4.69, 9.17) is 4.74 Å². The zero-order chi connectivity index (χ0) is 22.6. The van der Waals surface area contributed by atoms with Crippen LogP contribution in [0.3, 0.4) is 0 Å². The van der Waals surface area contributed by atoms with Crippen molar-refractivity contribution in [2.75, 3.05) is 26.2 Å². The molecule has 1 heterocycles. The van der Waals surface area contributed by atoms with Gasteiger partial charge in [-0.2, -0.15) is 0 Å². The molecule has 0 aliphatic carbocycles. The Hall–Kier alpha value is -3.43. The molecule has 1 saturated heterocycles. The van der Waals surface area contributed by atoms with Crippen LogP contribution in [0.4, 0.5) is 10.5 Å². The minimum absolute atomic E-state index is 0.0330. The molecule has 0 aromatic heterocycles. The fourth-order valence-corrected chi connectivity index (χ4v) is 3.15. The summed E-state index contributed by atoms with van der Waals surface area (Å²) in [5, 5.41) is 16.4. The van der Waals surface area contributed by atoms with Crippen molar-refractivity contribution < 1.29 is 24.0 Å². The summed E-state index contributed by atoms with van der Waals surface area (Å²) in [5.74, 6) is -0.422. The van der Waals surface area contributed by atoms with E-state index in [1.165, 1.54) is 24.3 Å². The van der Waals surface area contributed by atoms with Gasteiger partial charge in [-0.25, -0.2) is 4.79 Å². The van der Waals surface area contributed by atoms with Gasteiger partial charge in [-0.15, -0.1) is 0 Å². The van der Waals surface area contributed by atoms with Crippen LogP contribution in [0.2, 0.25) is 0 Å². The van der Waals surface area contributed by atoms with Gasteiger partial charge in [-0.05, 0) is 37.8 Å². The summed E-state index contributed by atoms with van der Waals surface area (Å²) < 4.78 is 4.97. The third-order valence-corrected chi connectivity index (χ3v) is 4.77. The minimum Gasteiger partial charge on any atom is -0.450 e. The van der Waals surface area contributed by atoms with E-state index in [1.807, 2.05) is 0 Å². The number of nitrogens with zero attached hydrogens (tertiary/aromatic N) is 2. The highest BCUT2D eigenvalue weighted by Crippen LogP contribution is 2.14. The third kappa shape index (κ3) is 8.45. The lowest BCUT2D eigenvalue weighted by atomic mass is 10.1. The van der Waals surface area contributed by atoms with Crippen LogP contribution in [0.5, 0.6) is 0 Å². The number of nitro groups is 1. The minimum atomic E-state index is -0.494. The van der Waals surface area contributed by atoms with E-state index >= 15 is 0 Å². The van der Waals surface area contributed by atoms with Crippen molar-refractivity contribution in [2.45, 2.75) is 38.6 Å². The van der Waals surface area contributed by atoms with Crippen LogP contribution in [0, 0.1) is 10.1 Å². The van der Waals surface area contributed by atoms with Crippen LogP contribution in [-0.4, -0.2) is 60.0 Å². The van der Waals surface area contributed by atoms with Crippen molar-refractivity contribution in [1.29, 1.82) is 0 Å². The second kappa shape index (κ2) is 12.3. The normalized spacial score (nSPS) is 14.3. The summed E-state index contributed by atoms with van der Waals surface area (Å²) in [4.78, 5) is 47.5. The molecule has 1 aromatic carbocycles. The maximum Gasteiger partial charge on any atom is 0.409 e. The molecule has 1 aliphatic heterocycles. The summed E-state index contributed by atoms with van der Waals surface area (Å²) in [5.41, 5.74) is 0.512. The Labute approximate surface area is 180 Å². The fraction of sp³-hybridized carbons (Fsp3) is 0.476. The SMILES string of the molecule is CCOC(=O)N1CCC(NC(=O)CCCNC(=O)/C=C/c2cccc([N+](=O)[O-])c2)CC1. The van der Waals surface area contributed by atoms with Gasteiger partial charge in [0.05, 0.1) is 11.5 Å². The van der Waals surface area contributed by atoms with E-state index in [0.29, 0.717) is 51.1 Å². The molecule has 10 heteroatoms. The average molecular weight is 432 g/mol. The van der Waals surface area contributed by atoms with E-state index < -0.39 is 4.92 Å². The molecule has 0 unspecified atom stereocenters. The summed E-state index contributed by atoms with van der Waals surface area (Å²) >= 11 is 0. The van der Waals surface area contributed by atoms with E-state index in [9.17, 15) is 24.5 Å². The molecular weight excluding hydrogens is 404 g/mol. The van der Waals surface area contributed by atoms with Crippen molar-refractivity contribution in [2.24, 2.45) is 0 Å². The van der Waals surface area contributed by atoms with Crippen LogP contribution in [0.1, 0.15) is 38.2 Å². The number of likely N-dealkylation sites (tertiary alicyclic amines) is 1. The monoisotopic (exact) mass is 432 g/mol. The highest BCUT2D eigenvalue weighted by molar-refractivity contribution is 5.91. The van der Waals surface area contributed by atoms with Gasteiger partial charge in [0.1, 0.15) is 0 Å². The molecule has 2 rings (SSSR count). The quantitative estimate of drug-likeness (QED) is 0.266. The zero-order valence-electron chi connectivity index (χ0n) is 17.5. The van der Waals surface area contributed by atoms with Gasteiger partial charge in [0.15, 0.2) is 0 Å². The summed E-state index contributed by atoms with van der Waals surface area (Å²) in [7, 11) is 0. The molecule has 0 radical (unpaired) electrons. The van der Waals surface area contributed by atoms with Crippen molar-refractivity contribution in [3.63, 3.8) is 0 Å². The first-order valence-corrected chi connectivity index (χ1v) is 10.3. The molecule has 2 N–H and O–H groups in total. The topological polar surface area (TPSA) is 131 Å². The molecule has 1 aliphatic rings. The van der Waals surface area contributed by atoms with Crippen LogP contribution < -0.4 is 10.6 Å². The number of hydrogen-bond acceptors (Lipinski definition) is 6. The van der Waals surface area contributed by atoms with Crippen LogP contribution in [-0.2, 0) is 14.3 Å². The van der Waals surface area contributed by atoms with Crippen molar-refractivity contribution in [3.05, 3.63) is 46.0 Å². The average Bonchev–Trinajstić information content (AvgIpc) is 2.76. The molecule has 0 atom stereocenters. The molecule has 31 heavy (non-hydrogen) atoms. The largest absolute Gasteiger partial charge is 0.450 e. The number of ether oxygens (including phenoxy) is 1. The van der Waals surface area contributed by atoms with Crippen molar-refractivity contribution in [3.8, 4) is 0 Å². The smallest absolute Gasteiger partial charge is 0.409 e. The van der Waals surface area contributed by atoms with Gasteiger partial charge in [0, 0.05) is 50.3 Å². The lowest BCUT2D eigenvalue weighted by Gasteiger charge is -2.31. The van der Waals surface area contributed by atoms with Crippen LogP contribution in [0.15, 0.2) is 30.3 Å². The number of piperidine rings is 1. The number of rotatable bonds is 9. The molecule has 1 aromatic rings. The van der Waals surface area contributed by atoms with Crippen molar-refractivity contribution >= 4 is 29.7 Å². The first kappa shape index (κ1) is 23.8. The number of benzene rings is 1. The zero-order valence-corrected chi connectivity index (χ0v) is 17.5. The number of non-ortho nitro benzene ring substituents is 1. The van der Waals surface area contributed by atoms with E-state index in [1.54, 1.807) is 24.0 Å². The van der Waals surface area contributed by atoms with Gasteiger partial charge in [-0.3, -0.25) is 19.7 Å². The number of carbonyl (C=O) groups is 3. The number of amides is 3. The Kier molecular flexibility index (Phi) is 9.47. The summed E-state index contributed by atoms with van der Waals surface area (Å²) in [6.07, 6.45) is 4.63. The predicted molar refractivity (Wildman–Crippen MR) is 114 cm³/mol. The van der Waals surface area contributed by atoms with E-state index in [-0.39, 0.29) is 36.1 Å². The first-order chi connectivity index (χ1) is 14.9. The highest BCUT2D eigenvalue weighted by Gasteiger charge is 2.24. The second-order valence-corrected chi connectivity index (χ2v) is 7.11. The number of carbonyl (C=O) groups excluding carboxylic acids is 3. The fourth-order valence-electron chi connectivity index (χ4n) is 3.15. The third-order valence-electron chi connectivity index (χ3n) is 4.77. The first-order valence-electron chi connectivity index (χ1n) is 10.3. The van der Waals surface area contributed by atoms with Gasteiger partial charge < -0.3 is 20.3 Å². The Morgan fingerprint density at radius 3 is 2.71 bits per heavy atom. The van der Waals surface area contributed by atoms with Gasteiger partial charge in [0.25, 0.3) is 5.69 Å². The number of hydrogen-bond donors (Lipinski definition) is 2. The lowest BCUT2D eigenvalue weighted by Crippen LogP contribution is -2.46. The van der Waals surface area contributed by atoms with Crippen LogP contribution in [0.25, 0.3) is 6.08 Å². The van der Waals surface area contributed by atoms with Crippen molar-refractivity contribution in [1.82, 2.24) is 15.5 Å². The Morgan fingerprint density at radius 1 is 1.29 bits per heavy atom. The maximum atomic E-state index is 12.1. The molecular formula is C21H28N4O6. The molecule has 10 nitrogen and oxygen atoms in total. The Bertz CT molecular complexity index is 818. The molecule has 3 amide bonds. The maximum absolute atomic E-state index is 12.1. The van der Waals surface area contributed by atoms with E-state index in [2.05, 4.69) is 10.6 Å². The number of nitrogens with one attached hydrogen (secondary N) is 2. The van der Waals surface area contributed by atoms with Gasteiger partial charge >= 0.3 is 6.09 Å². The summed E-state index contributed by atoms with van der Waals surface area (Å²) in [6.45, 7) is 3.55. The summed E-state index contributed by atoms with van der Waals surface area (Å²) in [6, 6.07) is 6.01. The Balaban J connectivity index is 1.61. The molecule has 0 saturated carbocycles. The second-order valence-electron chi connectivity index (χ2n) is 7.11. The number of nitro benzene ring substituents is 1. The molecule has 1 fully saturated rings. The van der Waals surface area contributed by atoms with Gasteiger partial charge in [0.2, 0.25) is 11.8 Å².